The zero-order chi connectivity index (χ0) is 38.9. The van der Waals surface area contributed by atoms with Gasteiger partial charge in [0, 0.05) is 33.1 Å². The van der Waals surface area contributed by atoms with Crippen molar-refractivity contribution in [1.29, 1.82) is 0 Å². The summed E-state index contributed by atoms with van der Waals surface area (Å²) < 4.78 is 6.27. The number of furan rings is 1. The molecule has 9 aromatic rings. The van der Waals surface area contributed by atoms with Gasteiger partial charge in [-0.25, -0.2) is 0 Å². The summed E-state index contributed by atoms with van der Waals surface area (Å²) >= 11 is 0. The average Bonchev–Trinajstić information content (AvgIpc) is 3.73. The fourth-order valence-electron chi connectivity index (χ4n) is 8.94. The molecule has 0 radical (unpaired) electrons. The van der Waals surface area contributed by atoms with Crippen molar-refractivity contribution in [2.24, 2.45) is 0 Å². The number of nitrogens with zero attached hydrogens (tertiary/aromatic N) is 1. The predicted octanol–water partition coefficient (Wildman–Crippen LogP) is 15.7. The minimum Gasteiger partial charge on any atom is -0.456 e. The Morgan fingerprint density at radius 3 is 1.77 bits per heavy atom. The molecule has 8 aromatic carbocycles. The molecule has 0 aliphatic heterocycles. The largest absolute Gasteiger partial charge is 0.456 e. The molecule has 0 saturated carbocycles. The molecule has 0 saturated heterocycles. The summed E-state index contributed by atoms with van der Waals surface area (Å²) in [7, 11) is 0. The average molecular weight is 736 g/mol. The molecule has 0 fully saturated rings. The molecular weight excluding hydrogens is 691 g/mol. The number of benzene rings is 8. The quantitative estimate of drug-likeness (QED) is 0.169. The third-order valence-electron chi connectivity index (χ3n) is 12.1. The Hall–Kier alpha value is -6.64. The fraction of sp³-hybridized carbons (Fsp3) is 0.127. The highest BCUT2D eigenvalue weighted by Gasteiger charge is 2.38. The van der Waals surface area contributed by atoms with Crippen molar-refractivity contribution in [2.75, 3.05) is 4.90 Å². The van der Waals surface area contributed by atoms with E-state index in [1.165, 1.54) is 50.1 Å². The van der Waals surface area contributed by atoms with Crippen LogP contribution in [0.1, 0.15) is 51.3 Å². The first kappa shape index (κ1) is 34.8. The Balaban J connectivity index is 1.11. The van der Waals surface area contributed by atoms with Gasteiger partial charge < -0.3 is 9.32 Å². The van der Waals surface area contributed by atoms with E-state index in [2.05, 4.69) is 209 Å². The molecule has 0 spiro atoms. The smallest absolute Gasteiger partial charge is 0.136 e. The van der Waals surface area contributed by atoms with E-state index in [0.29, 0.717) is 0 Å². The zero-order valence-electron chi connectivity index (χ0n) is 33.2. The van der Waals surface area contributed by atoms with E-state index >= 15 is 0 Å². The summed E-state index contributed by atoms with van der Waals surface area (Å²) in [6.07, 6.45) is 0. The van der Waals surface area contributed by atoms with Crippen LogP contribution in [0.25, 0.3) is 66.4 Å². The molecule has 2 heteroatoms. The van der Waals surface area contributed by atoms with Crippen molar-refractivity contribution in [1.82, 2.24) is 0 Å². The predicted molar refractivity (Wildman–Crippen MR) is 241 cm³/mol. The fourth-order valence-corrected chi connectivity index (χ4v) is 8.94. The van der Waals surface area contributed by atoms with Gasteiger partial charge in [-0.15, -0.1) is 0 Å². The second-order valence-corrected chi connectivity index (χ2v) is 17.0. The topological polar surface area (TPSA) is 16.4 Å². The molecule has 1 aromatic heterocycles. The van der Waals surface area contributed by atoms with Crippen LogP contribution in [0, 0.1) is 0 Å². The molecule has 1 aliphatic carbocycles. The van der Waals surface area contributed by atoms with Gasteiger partial charge in [0.2, 0.25) is 0 Å². The van der Waals surface area contributed by atoms with E-state index in [1.807, 2.05) is 12.1 Å². The first-order chi connectivity index (χ1) is 27.6. The normalized spacial score (nSPS) is 13.1. The first-order valence-corrected chi connectivity index (χ1v) is 20.0. The third-order valence-corrected chi connectivity index (χ3v) is 12.1. The molecular formula is C55H45NO. The van der Waals surface area contributed by atoms with E-state index < -0.39 is 0 Å². The summed E-state index contributed by atoms with van der Waals surface area (Å²) in [4.78, 5) is 2.42. The lowest BCUT2D eigenvalue weighted by Crippen LogP contribution is -2.17. The van der Waals surface area contributed by atoms with E-state index in [0.717, 1.165) is 50.1 Å². The Bertz CT molecular complexity index is 2940. The summed E-state index contributed by atoms with van der Waals surface area (Å²) in [6.45, 7) is 11.7. The first-order valence-electron chi connectivity index (χ1n) is 20.0. The van der Waals surface area contributed by atoms with Gasteiger partial charge in [-0.1, -0.05) is 168 Å². The van der Waals surface area contributed by atoms with Crippen LogP contribution in [-0.4, -0.2) is 0 Å². The molecule has 0 amide bonds. The van der Waals surface area contributed by atoms with Crippen LogP contribution in [-0.2, 0) is 10.8 Å². The van der Waals surface area contributed by atoms with Gasteiger partial charge in [0.25, 0.3) is 0 Å². The maximum atomic E-state index is 6.27. The molecule has 276 valence electrons. The Morgan fingerprint density at radius 2 is 1.04 bits per heavy atom. The molecule has 0 unspecified atom stereocenters. The van der Waals surface area contributed by atoms with Crippen molar-refractivity contribution in [2.45, 2.75) is 45.4 Å². The van der Waals surface area contributed by atoms with Crippen LogP contribution in [0.3, 0.4) is 0 Å². The Morgan fingerprint density at radius 1 is 0.439 bits per heavy atom. The minimum atomic E-state index is -0.120. The minimum absolute atomic E-state index is 0.0710. The van der Waals surface area contributed by atoms with Crippen molar-refractivity contribution in [3.63, 3.8) is 0 Å². The SMILES string of the molecule is CC(C)(C)c1ccc2c(c1)C(C)(C)c1cccc(-c3ccccc3N(c3ccc(-c4ccccc4)cc3)c3ccc(-c4ccc5c(c4)oc4ccccc45)cc3)c1-2. The van der Waals surface area contributed by atoms with Gasteiger partial charge in [-0.2, -0.15) is 0 Å². The Kier molecular flexibility index (Phi) is 8.09. The van der Waals surface area contributed by atoms with Gasteiger partial charge in [0.15, 0.2) is 0 Å². The number of fused-ring (bicyclic) bond motifs is 6. The number of para-hydroxylation sites is 2. The molecule has 0 bridgehead atoms. The van der Waals surface area contributed by atoms with Gasteiger partial charge >= 0.3 is 0 Å². The van der Waals surface area contributed by atoms with Gasteiger partial charge in [-0.3, -0.25) is 0 Å². The lowest BCUT2D eigenvalue weighted by Gasteiger charge is -2.29. The second kappa shape index (κ2) is 13.2. The number of rotatable bonds is 6. The van der Waals surface area contributed by atoms with Crippen LogP contribution in [0.4, 0.5) is 17.1 Å². The monoisotopic (exact) mass is 735 g/mol. The summed E-state index contributed by atoms with van der Waals surface area (Å²) in [5.41, 5.74) is 19.0. The molecule has 10 rings (SSSR count). The summed E-state index contributed by atoms with van der Waals surface area (Å²) in [5, 5.41) is 2.29. The third kappa shape index (κ3) is 5.87. The van der Waals surface area contributed by atoms with Crippen LogP contribution in [0.15, 0.2) is 186 Å². The molecule has 57 heavy (non-hydrogen) atoms. The standard InChI is InChI=1S/C55H45NO/c1-54(2,3)40-27-33-47-49(35-40)55(4,5)48-19-13-18-46(53(47)48)43-16-9-11-20-50(43)56(41-28-22-37(23-29-41)36-14-7-6-8-15-36)42-30-24-38(25-31-42)39-26-32-45-44-17-10-12-21-51(44)57-52(45)34-39/h6-35H,1-5H3. The van der Waals surface area contributed by atoms with Crippen molar-refractivity contribution < 1.29 is 4.42 Å². The Labute approximate surface area is 335 Å². The summed E-state index contributed by atoms with van der Waals surface area (Å²) in [6, 6.07) is 66.3. The number of hydrogen-bond acceptors (Lipinski definition) is 2. The van der Waals surface area contributed by atoms with Crippen molar-refractivity contribution >= 4 is 39.0 Å². The van der Waals surface area contributed by atoms with Crippen LogP contribution in [0.5, 0.6) is 0 Å². The van der Waals surface area contributed by atoms with Gasteiger partial charge in [0.05, 0.1) is 5.69 Å². The highest BCUT2D eigenvalue weighted by Crippen LogP contribution is 2.54. The van der Waals surface area contributed by atoms with Crippen LogP contribution < -0.4 is 4.90 Å². The van der Waals surface area contributed by atoms with Crippen LogP contribution in [0.2, 0.25) is 0 Å². The maximum Gasteiger partial charge on any atom is 0.136 e. The van der Waals surface area contributed by atoms with E-state index in [9.17, 15) is 0 Å². The van der Waals surface area contributed by atoms with E-state index in [1.54, 1.807) is 0 Å². The van der Waals surface area contributed by atoms with Gasteiger partial charge in [-0.05, 0) is 110 Å². The highest BCUT2D eigenvalue weighted by molar-refractivity contribution is 6.06. The molecule has 1 heterocycles. The highest BCUT2D eigenvalue weighted by atomic mass is 16.3. The molecule has 0 N–H and O–H groups in total. The number of hydrogen-bond donors (Lipinski definition) is 0. The van der Waals surface area contributed by atoms with E-state index in [4.69, 9.17) is 4.42 Å². The van der Waals surface area contributed by atoms with Gasteiger partial charge in [0.1, 0.15) is 11.2 Å². The van der Waals surface area contributed by atoms with E-state index in [-0.39, 0.29) is 10.8 Å². The van der Waals surface area contributed by atoms with Crippen LogP contribution >= 0.6 is 0 Å². The molecule has 2 nitrogen and oxygen atoms in total. The van der Waals surface area contributed by atoms with Crippen molar-refractivity contribution in [3.8, 4) is 44.5 Å². The number of anilines is 3. The lowest BCUT2D eigenvalue weighted by molar-refractivity contribution is 0.584. The zero-order valence-corrected chi connectivity index (χ0v) is 33.2. The molecule has 1 aliphatic rings. The maximum absolute atomic E-state index is 6.27. The summed E-state index contributed by atoms with van der Waals surface area (Å²) in [5.74, 6) is 0. The molecule has 0 atom stereocenters. The second-order valence-electron chi connectivity index (χ2n) is 17.0. The van der Waals surface area contributed by atoms with Crippen molar-refractivity contribution in [3.05, 3.63) is 199 Å². The lowest BCUT2D eigenvalue weighted by atomic mass is 9.79.